The zero-order chi connectivity index (χ0) is 12.8. The number of nitrogens with one attached hydrogen (secondary N) is 1. The Morgan fingerprint density at radius 1 is 1.33 bits per heavy atom. The average Bonchev–Trinajstić information content (AvgIpc) is 2.86. The van der Waals surface area contributed by atoms with Crippen LogP contribution in [0.5, 0.6) is 0 Å². The molecule has 4 nitrogen and oxygen atoms in total. The second-order valence-corrected chi connectivity index (χ2v) is 4.16. The average molecular weight is 243 g/mol. The number of carbonyl (C=O) groups is 1. The van der Waals surface area contributed by atoms with Gasteiger partial charge in [-0.3, -0.25) is 4.79 Å². The first-order chi connectivity index (χ1) is 8.79. The molecule has 0 fully saturated rings. The third-order valence-electron chi connectivity index (χ3n) is 2.59. The van der Waals surface area contributed by atoms with E-state index >= 15 is 0 Å². The fourth-order valence-electron chi connectivity index (χ4n) is 1.69. The summed E-state index contributed by atoms with van der Waals surface area (Å²) < 4.78 is 1.78. The first kappa shape index (κ1) is 12.4. The molecular formula is C14H17N3O. The molecular weight excluding hydrogens is 226 g/mol. The topological polar surface area (TPSA) is 46.9 Å². The largest absolute Gasteiger partial charge is 0.356 e. The molecule has 2 aromatic rings. The van der Waals surface area contributed by atoms with Crippen molar-refractivity contribution in [1.82, 2.24) is 15.1 Å². The van der Waals surface area contributed by atoms with Crippen LogP contribution in [0.2, 0.25) is 0 Å². The molecule has 94 valence electrons. The van der Waals surface area contributed by atoms with Gasteiger partial charge in [0.2, 0.25) is 5.91 Å². The monoisotopic (exact) mass is 243 g/mol. The van der Waals surface area contributed by atoms with Gasteiger partial charge in [-0.25, -0.2) is 4.68 Å². The van der Waals surface area contributed by atoms with Crippen molar-refractivity contribution >= 4 is 5.91 Å². The molecule has 0 aliphatic carbocycles. The number of amides is 1. The highest BCUT2D eigenvalue weighted by Gasteiger charge is 2.05. The predicted molar refractivity (Wildman–Crippen MR) is 70.6 cm³/mol. The Bertz CT molecular complexity index is 505. The van der Waals surface area contributed by atoms with Crippen LogP contribution in [-0.4, -0.2) is 22.2 Å². The van der Waals surface area contributed by atoms with Gasteiger partial charge in [0, 0.05) is 12.7 Å². The van der Waals surface area contributed by atoms with Crippen molar-refractivity contribution in [3.8, 4) is 5.69 Å². The highest BCUT2D eigenvalue weighted by Crippen LogP contribution is 2.07. The normalized spacial score (nSPS) is 10.3. The molecule has 0 aliphatic heterocycles. The van der Waals surface area contributed by atoms with Crippen molar-refractivity contribution in [3.05, 3.63) is 48.3 Å². The lowest BCUT2D eigenvalue weighted by Gasteiger charge is -2.01. The summed E-state index contributed by atoms with van der Waals surface area (Å²) in [5.41, 5.74) is 1.92. The zero-order valence-electron chi connectivity index (χ0n) is 10.5. The molecule has 0 unspecified atom stereocenters. The summed E-state index contributed by atoms with van der Waals surface area (Å²) in [5, 5.41) is 7.11. The molecule has 0 atom stereocenters. The van der Waals surface area contributed by atoms with Crippen molar-refractivity contribution < 1.29 is 4.79 Å². The van der Waals surface area contributed by atoms with Crippen LogP contribution in [-0.2, 0) is 11.2 Å². The number of benzene rings is 1. The van der Waals surface area contributed by atoms with E-state index in [4.69, 9.17) is 0 Å². The van der Waals surface area contributed by atoms with Crippen molar-refractivity contribution in [1.29, 1.82) is 0 Å². The van der Waals surface area contributed by atoms with Crippen LogP contribution in [0.3, 0.4) is 0 Å². The summed E-state index contributed by atoms with van der Waals surface area (Å²) in [6, 6.07) is 9.85. The van der Waals surface area contributed by atoms with E-state index in [0.717, 1.165) is 24.2 Å². The molecule has 1 heterocycles. The first-order valence-corrected chi connectivity index (χ1v) is 6.15. The van der Waals surface area contributed by atoms with Gasteiger partial charge in [0.1, 0.15) is 0 Å². The van der Waals surface area contributed by atoms with Gasteiger partial charge >= 0.3 is 0 Å². The smallest absolute Gasteiger partial charge is 0.224 e. The first-order valence-electron chi connectivity index (χ1n) is 6.15. The lowest BCUT2D eigenvalue weighted by Crippen LogP contribution is -2.25. The molecule has 0 spiro atoms. The Balaban J connectivity index is 2.00. The van der Waals surface area contributed by atoms with Crippen molar-refractivity contribution in [2.75, 3.05) is 6.54 Å². The summed E-state index contributed by atoms with van der Waals surface area (Å²) in [4.78, 5) is 11.6. The number of carbonyl (C=O) groups excluding carboxylic acids is 1. The van der Waals surface area contributed by atoms with Crippen LogP contribution in [0.25, 0.3) is 5.69 Å². The lowest BCUT2D eigenvalue weighted by atomic mass is 10.2. The van der Waals surface area contributed by atoms with Gasteiger partial charge in [0.05, 0.1) is 18.3 Å². The molecule has 2 rings (SSSR count). The molecule has 0 aliphatic rings. The zero-order valence-corrected chi connectivity index (χ0v) is 10.5. The molecule has 1 amide bonds. The third kappa shape index (κ3) is 3.20. The molecule has 18 heavy (non-hydrogen) atoms. The number of para-hydroxylation sites is 1. The molecule has 1 aromatic heterocycles. The molecule has 1 aromatic carbocycles. The van der Waals surface area contributed by atoms with Gasteiger partial charge < -0.3 is 5.32 Å². The van der Waals surface area contributed by atoms with Gasteiger partial charge in [-0.05, 0) is 24.1 Å². The van der Waals surface area contributed by atoms with Gasteiger partial charge in [-0.2, -0.15) is 5.10 Å². The summed E-state index contributed by atoms with van der Waals surface area (Å²) in [5.74, 6) is 0.0458. The highest BCUT2D eigenvalue weighted by molar-refractivity contribution is 5.78. The maximum absolute atomic E-state index is 11.6. The molecule has 1 N–H and O–H groups in total. The Morgan fingerprint density at radius 2 is 2.11 bits per heavy atom. The predicted octanol–water partition coefficient (Wildman–Crippen LogP) is 1.94. The maximum atomic E-state index is 11.6. The molecule has 0 saturated heterocycles. The van der Waals surface area contributed by atoms with E-state index in [0.29, 0.717) is 6.42 Å². The van der Waals surface area contributed by atoms with Gasteiger partial charge in [0.15, 0.2) is 0 Å². The minimum atomic E-state index is 0.0458. The SMILES string of the molecule is CCCNC(=O)Cc1cnn(-c2ccccc2)c1. The number of hydrogen-bond donors (Lipinski definition) is 1. The highest BCUT2D eigenvalue weighted by atomic mass is 16.1. The molecule has 0 bridgehead atoms. The van der Waals surface area contributed by atoms with E-state index in [-0.39, 0.29) is 5.91 Å². The number of rotatable bonds is 5. The maximum Gasteiger partial charge on any atom is 0.224 e. The number of aromatic nitrogens is 2. The quantitative estimate of drug-likeness (QED) is 0.872. The molecule has 0 saturated carbocycles. The fourth-order valence-corrected chi connectivity index (χ4v) is 1.69. The number of hydrogen-bond acceptors (Lipinski definition) is 2. The van der Waals surface area contributed by atoms with Crippen LogP contribution in [0.1, 0.15) is 18.9 Å². The minimum absolute atomic E-state index is 0.0458. The van der Waals surface area contributed by atoms with E-state index in [1.807, 2.05) is 43.5 Å². The lowest BCUT2D eigenvalue weighted by molar-refractivity contribution is -0.120. The second-order valence-electron chi connectivity index (χ2n) is 4.16. The standard InChI is InChI=1S/C14H17N3O/c1-2-8-15-14(18)9-12-10-16-17(11-12)13-6-4-3-5-7-13/h3-7,10-11H,2,8-9H2,1H3,(H,15,18). The van der Waals surface area contributed by atoms with Crippen molar-refractivity contribution in [2.45, 2.75) is 19.8 Å². The van der Waals surface area contributed by atoms with Gasteiger partial charge in [-0.1, -0.05) is 25.1 Å². The summed E-state index contributed by atoms with van der Waals surface area (Å²) >= 11 is 0. The number of nitrogens with zero attached hydrogens (tertiary/aromatic N) is 2. The van der Waals surface area contributed by atoms with E-state index < -0.39 is 0 Å². The van der Waals surface area contributed by atoms with Crippen molar-refractivity contribution in [2.24, 2.45) is 0 Å². The van der Waals surface area contributed by atoms with Gasteiger partial charge in [0.25, 0.3) is 0 Å². The fraction of sp³-hybridized carbons (Fsp3) is 0.286. The Hall–Kier alpha value is -2.10. The van der Waals surface area contributed by atoms with E-state index in [9.17, 15) is 4.79 Å². The van der Waals surface area contributed by atoms with E-state index in [2.05, 4.69) is 10.4 Å². The van der Waals surface area contributed by atoms with Crippen LogP contribution >= 0.6 is 0 Å². The van der Waals surface area contributed by atoms with Crippen LogP contribution in [0, 0.1) is 0 Å². The Morgan fingerprint density at radius 3 is 2.83 bits per heavy atom. The summed E-state index contributed by atoms with van der Waals surface area (Å²) in [6.45, 7) is 2.76. The van der Waals surface area contributed by atoms with Gasteiger partial charge in [-0.15, -0.1) is 0 Å². The van der Waals surface area contributed by atoms with E-state index in [1.165, 1.54) is 0 Å². The van der Waals surface area contributed by atoms with E-state index in [1.54, 1.807) is 10.9 Å². The Kier molecular flexibility index (Phi) is 4.12. The van der Waals surface area contributed by atoms with Crippen LogP contribution in [0.4, 0.5) is 0 Å². The van der Waals surface area contributed by atoms with Crippen molar-refractivity contribution in [3.63, 3.8) is 0 Å². The minimum Gasteiger partial charge on any atom is -0.356 e. The third-order valence-corrected chi connectivity index (χ3v) is 2.59. The summed E-state index contributed by atoms with van der Waals surface area (Å²) in [7, 11) is 0. The Labute approximate surface area is 107 Å². The second kappa shape index (κ2) is 6.00. The molecule has 0 radical (unpaired) electrons. The summed E-state index contributed by atoms with van der Waals surface area (Å²) in [6.07, 6.45) is 4.96. The molecule has 4 heteroatoms. The van der Waals surface area contributed by atoms with Crippen LogP contribution in [0.15, 0.2) is 42.7 Å². The van der Waals surface area contributed by atoms with Crippen LogP contribution < -0.4 is 5.32 Å².